The molecular formula is C32H21N5O2S. The highest BCUT2D eigenvalue weighted by atomic mass is 32.1. The number of para-hydroxylation sites is 1. The molecule has 40 heavy (non-hydrogen) atoms. The maximum atomic E-state index is 13.5. The van der Waals surface area contributed by atoms with Crippen LogP contribution in [0.1, 0.15) is 16.8 Å². The van der Waals surface area contributed by atoms with Crippen molar-refractivity contribution in [2.45, 2.75) is 6.42 Å². The highest BCUT2D eigenvalue weighted by molar-refractivity contribution is 7.15. The molecule has 0 aliphatic rings. The lowest BCUT2D eigenvalue weighted by molar-refractivity contribution is 0.811. The number of aromatic nitrogens is 5. The van der Waals surface area contributed by atoms with E-state index < -0.39 is 5.56 Å². The lowest BCUT2D eigenvalue weighted by Crippen LogP contribution is -2.28. The SMILES string of the molecule is O=c1nc2sc(=Cc3cn(-c4ccccc4)nc3-c3ccc4ccccc4c3)c(=O)n2nc1Cc1ccccc1. The highest BCUT2D eigenvalue weighted by Crippen LogP contribution is 2.28. The highest BCUT2D eigenvalue weighted by Gasteiger charge is 2.15. The van der Waals surface area contributed by atoms with E-state index in [9.17, 15) is 9.59 Å². The Bertz CT molecular complexity index is 2180. The lowest BCUT2D eigenvalue weighted by Gasteiger charge is -2.03. The van der Waals surface area contributed by atoms with Gasteiger partial charge in [-0.1, -0.05) is 96.3 Å². The largest absolute Gasteiger partial charge is 0.296 e. The zero-order valence-electron chi connectivity index (χ0n) is 21.1. The molecule has 3 aromatic heterocycles. The summed E-state index contributed by atoms with van der Waals surface area (Å²) in [6, 6.07) is 33.8. The Morgan fingerprint density at radius 3 is 2.30 bits per heavy atom. The van der Waals surface area contributed by atoms with Crippen molar-refractivity contribution in [1.29, 1.82) is 0 Å². The molecule has 0 saturated heterocycles. The Kier molecular flexibility index (Phi) is 5.87. The zero-order valence-corrected chi connectivity index (χ0v) is 22.0. The molecule has 0 N–H and O–H groups in total. The molecule has 8 heteroatoms. The van der Waals surface area contributed by atoms with Gasteiger partial charge in [-0.15, -0.1) is 0 Å². The number of hydrogen-bond donors (Lipinski definition) is 0. The van der Waals surface area contributed by atoms with Gasteiger partial charge in [0.25, 0.3) is 11.1 Å². The summed E-state index contributed by atoms with van der Waals surface area (Å²) in [7, 11) is 0. The Labute approximate surface area is 231 Å². The molecule has 7 nitrogen and oxygen atoms in total. The third-order valence-corrected chi connectivity index (χ3v) is 7.70. The van der Waals surface area contributed by atoms with Gasteiger partial charge in [0, 0.05) is 23.7 Å². The van der Waals surface area contributed by atoms with E-state index in [0.717, 1.165) is 50.2 Å². The van der Waals surface area contributed by atoms with Crippen molar-refractivity contribution < 1.29 is 0 Å². The number of thiazole rings is 1. The summed E-state index contributed by atoms with van der Waals surface area (Å²) in [4.78, 5) is 30.6. The van der Waals surface area contributed by atoms with Crippen molar-refractivity contribution in [2.75, 3.05) is 0 Å². The first kappa shape index (κ1) is 23.9. The molecular weight excluding hydrogens is 518 g/mol. The van der Waals surface area contributed by atoms with Crippen LogP contribution >= 0.6 is 11.3 Å². The van der Waals surface area contributed by atoms with Crippen molar-refractivity contribution in [2.24, 2.45) is 0 Å². The zero-order chi connectivity index (χ0) is 27.1. The van der Waals surface area contributed by atoms with Gasteiger partial charge in [-0.25, -0.2) is 4.68 Å². The van der Waals surface area contributed by atoms with Gasteiger partial charge in [0.15, 0.2) is 0 Å². The van der Waals surface area contributed by atoms with E-state index in [-0.39, 0.29) is 16.2 Å². The fraction of sp³-hybridized carbons (Fsp3) is 0.0312. The molecule has 4 aromatic carbocycles. The minimum atomic E-state index is -0.426. The van der Waals surface area contributed by atoms with E-state index >= 15 is 0 Å². The molecule has 192 valence electrons. The molecule has 0 unspecified atom stereocenters. The molecule has 0 amide bonds. The molecule has 0 aliphatic heterocycles. The van der Waals surface area contributed by atoms with Crippen LogP contribution < -0.4 is 15.7 Å². The molecule has 0 saturated carbocycles. The van der Waals surface area contributed by atoms with Crippen molar-refractivity contribution in [3.63, 3.8) is 0 Å². The summed E-state index contributed by atoms with van der Waals surface area (Å²) in [6.45, 7) is 0. The molecule has 0 atom stereocenters. The van der Waals surface area contributed by atoms with E-state index in [1.807, 2.05) is 95.8 Å². The average Bonchev–Trinajstić information content (AvgIpc) is 3.55. The first-order chi connectivity index (χ1) is 19.6. The van der Waals surface area contributed by atoms with Crippen LogP contribution in [0, 0.1) is 0 Å². The molecule has 0 aliphatic carbocycles. The van der Waals surface area contributed by atoms with Crippen LogP contribution in [-0.4, -0.2) is 24.4 Å². The van der Waals surface area contributed by atoms with Crippen LogP contribution in [0.2, 0.25) is 0 Å². The maximum absolute atomic E-state index is 13.5. The first-order valence-corrected chi connectivity index (χ1v) is 13.6. The second-order valence-corrected chi connectivity index (χ2v) is 10.4. The van der Waals surface area contributed by atoms with Crippen LogP contribution in [0.3, 0.4) is 0 Å². The summed E-state index contributed by atoms with van der Waals surface area (Å²) < 4.78 is 3.46. The quantitative estimate of drug-likeness (QED) is 0.318. The number of hydrogen-bond acceptors (Lipinski definition) is 6. The van der Waals surface area contributed by atoms with E-state index in [0.29, 0.717) is 11.0 Å². The molecule has 0 spiro atoms. The topological polar surface area (TPSA) is 82.1 Å². The summed E-state index contributed by atoms with van der Waals surface area (Å²) in [5.41, 5.74) is 3.77. The molecule has 0 radical (unpaired) electrons. The summed E-state index contributed by atoms with van der Waals surface area (Å²) in [5, 5.41) is 11.5. The predicted molar refractivity (Wildman–Crippen MR) is 158 cm³/mol. The van der Waals surface area contributed by atoms with Crippen LogP contribution in [0.15, 0.2) is 119 Å². The minimum absolute atomic E-state index is 0.235. The van der Waals surface area contributed by atoms with Crippen LogP contribution in [0.4, 0.5) is 0 Å². The van der Waals surface area contributed by atoms with E-state index in [4.69, 9.17) is 5.10 Å². The van der Waals surface area contributed by atoms with E-state index in [2.05, 4.69) is 34.3 Å². The van der Waals surface area contributed by atoms with Gasteiger partial charge in [-0.3, -0.25) is 9.59 Å². The Hall–Kier alpha value is -5.21. The molecule has 0 fully saturated rings. The second kappa shape index (κ2) is 9.83. The van der Waals surface area contributed by atoms with Crippen molar-refractivity contribution >= 4 is 33.1 Å². The average molecular weight is 540 g/mol. The monoisotopic (exact) mass is 539 g/mol. The molecule has 0 bridgehead atoms. The lowest BCUT2D eigenvalue weighted by atomic mass is 10.0. The van der Waals surface area contributed by atoms with Gasteiger partial charge in [0.05, 0.1) is 10.2 Å². The third-order valence-electron chi connectivity index (χ3n) is 6.74. The van der Waals surface area contributed by atoms with Crippen molar-refractivity contribution in [1.82, 2.24) is 24.4 Å². The minimum Gasteiger partial charge on any atom is -0.266 e. The molecule has 3 heterocycles. The van der Waals surface area contributed by atoms with Crippen molar-refractivity contribution in [3.05, 3.63) is 151 Å². The van der Waals surface area contributed by atoms with Gasteiger partial charge in [0.1, 0.15) is 11.4 Å². The van der Waals surface area contributed by atoms with E-state index in [1.165, 1.54) is 4.52 Å². The summed E-state index contributed by atoms with van der Waals surface area (Å²) in [6.07, 6.45) is 4.02. The molecule has 7 rings (SSSR count). The van der Waals surface area contributed by atoms with Gasteiger partial charge in [-0.2, -0.15) is 19.7 Å². The van der Waals surface area contributed by atoms with Crippen LogP contribution in [0.5, 0.6) is 0 Å². The smallest absolute Gasteiger partial charge is 0.266 e. The maximum Gasteiger partial charge on any atom is 0.296 e. The number of rotatable bonds is 5. The second-order valence-electron chi connectivity index (χ2n) is 9.41. The summed E-state index contributed by atoms with van der Waals surface area (Å²) in [5.74, 6) is 0. The fourth-order valence-corrected chi connectivity index (χ4v) is 5.64. The number of nitrogens with zero attached hydrogens (tertiary/aromatic N) is 5. The Balaban J connectivity index is 1.39. The van der Waals surface area contributed by atoms with Gasteiger partial charge in [-0.05, 0) is 40.6 Å². The Morgan fingerprint density at radius 2 is 1.50 bits per heavy atom. The fourth-order valence-electron chi connectivity index (χ4n) is 4.75. The van der Waals surface area contributed by atoms with E-state index in [1.54, 1.807) is 0 Å². The normalized spacial score (nSPS) is 11.9. The standard InChI is InChI=1S/C32H21N5O2S/c38-30-27(17-21-9-3-1-4-10-21)34-37-31(39)28(40-32(37)33-30)19-25-20-36(26-13-5-2-6-14-26)35-29(25)24-16-15-22-11-7-8-12-23(22)18-24/h1-16,18-20H,17H2. The van der Waals surface area contributed by atoms with Crippen LogP contribution in [0.25, 0.3) is 38.8 Å². The van der Waals surface area contributed by atoms with Crippen molar-refractivity contribution in [3.8, 4) is 16.9 Å². The third kappa shape index (κ3) is 4.40. The first-order valence-electron chi connectivity index (χ1n) is 12.7. The Morgan fingerprint density at radius 1 is 0.775 bits per heavy atom. The predicted octanol–water partition coefficient (Wildman–Crippen LogP) is 4.66. The molecule has 7 aromatic rings. The van der Waals surface area contributed by atoms with Gasteiger partial charge < -0.3 is 0 Å². The van der Waals surface area contributed by atoms with Gasteiger partial charge >= 0.3 is 0 Å². The summed E-state index contributed by atoms with van der Waals surface area (Å²) >= 11 is 1.14. The van der Waals surface area contributed by atoms with Gasteiger partial charge in [0.2, 0.25) is 4.96 Å². The number of fused-ring (bicyclic) bond motifs is 2. The number of benzene rings is 4. The van der Waals surface area contributed by atoms with Crippen LogP contribution in [-0.2, 0) is 6.42 Å².